The fraction of sp³-hybridized carbons (Fsp3) is 0.844. The van der Waals surface area contributed by atoms with Crippen LogP contribution in [0, 0.1) is 0 Å². The molecule has 0 radical (unpaired) electrons. The average molecular weight is 830 g/mol. The maximum Gasteiger partial charge on any atom is 0.472 e. The van der Waals surface area contributed by atoms with Gasteiger partial charge in [-0.05, 0) is 64.2 Å². The topological polar surface area (TPSA) is 172 Å². The third kappa shape index (κ3) is 40.5. The van der Waals surface area contributed by atoms with Crippen molar-refractivity contribution in [2.24, 2.45) is 5.73 Å². The fourth-order valence-electron chi connectivity index (χ4n) is 6.29. The predicted octanol–water partition coefficient (Wildman–Crippen LogP) is 12.2. The summed E-state index contributed by atoms with van der Waals surface area (Å²) in [6.07, 6.45) is 42.3. The van der Waals surface area contributed by atoms with Crippen LogP contribution in [0.15, 0.2) is 24.3 Å². The highest BCUT2D eigenvalue weighted by molar-refractivity contribution is 7.47. The third-order valence-corrected chi connectivity index (χ3v) is 10.9. The van der Waals surface area contributed by atoms with Crippen molar-refractivity contribution in [2.75, 3.05) is 19.8 Å². The van der Waals surface area contributed by atoms with E-state index >= 15 is 0 Å². The molecule has 11 nitrogen and oxygen atoms in total. The maximum absolute atomic E-state index is 12.6. The minimum atomic E-state index is -4.72. The number of phosphoric ester groups is 1. The lowest BCUT2D eigenvalue weighted by molar-refractivity contribution is -0.161. The van der Waals surface area contributed by atoms with E-state index in [1.807, 2.05) is 0 Å². The molecule has 0 aliphatic rings. The summed E-state index contributed by atoms with van der Waals surface area (Å²) in [7, 11) is -4.72. The van der Waals surface area contributed by atoms with Gasteiger partial charge in [0.15, 0.2) is 6.10 Å². The minimum absolute atomic E-state index is 0.156. The van der Waals surface area contributed by atoms with Gasteiger partial charge in [0.1, 0.15) is 12.6 Å². The Morgan fingerprint density at radius 1 is 0.526 bits per heavy atom. The van der Waals surface area contributed by atoms with Gasteiger partial charge in [-0.15, -0.1) is 0 Å². The molecular weight excluding hydrogens is 745 g/mol. The summed E-state index contributed by atoms with van der Waals surface area (Å²) >= 11 is 0. The first kappa shape index (κ1) is 55.0. The zero-order valence-electron chi connectivity index (χ0n) is 36.2. The van der Waals surface area contributed by atoms with Gasteiger partial charge >= 0.3 is 25.7 Å². The van der Waals surface area contributed by atoms with Gasteiger partial charge in [-0.1, -0.05) is 160 Å². The van der Waals surface area contributed by atoms with Crippen LogP contribution in [0.25, 0.3) is 0 Å². The van der Waals surface area contributed by atoms with E-state index in [0.29, 0.717) is 12.8 Å². The van der Waals surface area contributed by atoms with Crippen molar-refractivity contribution < 1.29 is 47.5 Å². The molecule has 0 rings (SSSR count). The molecule has 57 heavy (non-hydrogen) atoms. The molecule has 12 heteroatoms. The van der Waals surface area contributed by atoms with Crippen LogP contribution in [0.1, 0.15) is 213 Å². The highest BCUT2D eigenvalue weighted by atomic mass is 31.2. The van der Waals surface area contributed by atoms with Crippen LogP contribution in [-0.2, 0) is 37.5 Å². The van der Waals surface area contributed by atoms with Gasteiger partial charge in [-0.25, -0.2) is 4.57 Å². The van der Waals surface area contributed by atoms with Gasteiger partial charge in [0.05, 0.1) is 13.2 Å². The molecule has 0 saturated heterocycles. The number of allylic oxidation sites excluding steroid dienone is 4. The Balaban J connectivity index is 4.34. The van der Waals surface area contributed by atoms with Crippen molar-refractivity contribution in [1.82, 2.24) is 0 Å². The lowest BCUT2D eigenvalue weighted by Gasteiger charge is -2.20. The van der Waals surface area contributed by atoms with E-state index in [9.17, 15) is 23.8 Å². The normalized spacial score (nSPS) is 13.9. The lowest BCUT2D eigenvalue weighted by Crippen LogP contribution is -2.34. The van der Waals surface area contributed by atoms with Crippen LogP contribution < -0.4 is 5.73 Å². The summed E-state index contributed by atoms with van der Waals surface area (Å²) in [5, 5.41) is 8.89. The molecule has 0 aliphatic heterocycles. The van der Waals surface area contributed by atoms with E-state index in [1.54, 1.807) is 0 Å². The van der Waals surface area contributed by atoms with Crippen molar-refractivity contribution in [2.45, 2.75) is 225 Å². The van der Waals surface area contributed by atoms with Gasteiger partial charge < -0.3 is 25.2 Å². The number of unbranched alkanes of at least 4 members (excludes halogenated alkanes) is 25. The summed E-state index contributed by atoms with van der Waals surface area (Å²) in [5.41, 5.74) is 5.34. The van der Waals surface area contributed by atoms with E-state index in [2.05, 4.69) is 42.7 Å². The molecule has 3 atom stereocenters. The maximum atomic E-state index is 12.6. The smallest absolute Gasteiger partial charge is 0.472 e. The van der Waals surface area contributed by atoms with Crippen molar-refractivity contribution in [3.63, 3.8) is 0 Å². The Morgan fingerprint density at radius 2 is 0.877 bits per heavy atom. The molecule has 4 N–H and O–H groups in total. The largest absolute Gasteiger partial charge is 0.480 e. The van der Waals surface area contributed by atoms with Gasteiger partial charge in [-0.3, -0.25) is 23.4 Å². The number of esters is 2. The molecule has 0 saturated carbocycles. The number of aliphatic carboxylic acids is 1. The first-order chi connectivity index (χ1) is 27.6. The number of carbonyl (C=O) groups is 3. The van der Waals surface area contributed by atoms with Gasteiger partial charge in [0, 0.05) is 12.8 Å². The van der Waals surface area contributed by atoms with Gasteiger partial charge in [0.25, 0.3) is 0 Å². The van der Waals surface area contributed by atoms with Crippen molar-refractivity contribution >= 4 is 25.7 Å². The Kier molecular flexibility index (Phi) is 39.3. The Bertz CT molecular complexity index is 1070. The quantitative estimate of drug-likeness (QED) is 0.0231. The van der Waals surface area contributed by atoms with Crippen LogP contribution >= 0.6 is 7.82 Å². The summed E-state index contributed by atoms with van der Waals surface area (Å²) in [5.74, 6) is -2.39. The van der Waals surface area contributed by atoms with Crippen LogP contribution in [0.4, 0.5) is 0 Å². The molecule has 0 aromatic rings. The molecule has 0 aromatic carbocycles. The van der Waals surface area contributed by atoms with Crippen LogP contribution in [-0.4, -0.2) is 59.9 Å². The molecule has 334 valence electrons. The number of hydrogen-bond acceptors (Lipinski definition) is 9. The number of carboxylic acids is 1. The Hall–Kier alpha value is -2.04. The highest BCUT2D eigenvalue weighted by Crippen LogP contribution is 2.43. The predicted molar refractivity (Wildman–Crippen MR) is 231 cm³/mol. The van der Waals surface area contributed by atoms with Crippen molar-refractivity contribution in [1.29, 1.82) is 0 Å². The number of rotatable bonds is 43. The van der Waals surface area contributed by atoms with Crippen molar-refractivity contribution in [3.8, 4) is 0 Å². The van der Waals surface area contributed by atoms with Crippen LogP contribution in [0.5, 0.6) is 0 Å². The molecular formula is C45H84NO10P. The molecule has 1 unspecified atom stereocenters. The number of carboxylic acid groups (broad SMARTS) is 1. The third-order valence-electron chi connectivity index (χ3n) is 9.92. The molecule has 0 fully saturated rings. The van der Waals surface area contributed by atoms with E-state index in [4.69, 9.17) is 24.8 Å². The van der Waals surface area contributed by atoms with E-state index in [1.165, 1.54) is 103 Å². The molecule has 0 heterocycles. The first-order valence-corrected chi connectivity index (χ1v) is 24.4. The van der Waals surface area contributed by atoms with Crippen LogP contribution in [0.3, 0.4) is 0 Å². The zero-order chi connectivity index (χ0) is 42.1. The second-order valence-electron chi connectivity index (χ2n) is 15.5. The summed E-state index contributed by atoms with van der Waals surface area (Å²) in [6.45, 7) is 2.80. The van der Waals surface area contributed by atoms with E-state index < -0.39 is 51.1 Å². The number of hydrogen-bond donors (Lipinski definition) is 3. The lowest BCUT2D eigenvalue weighted by atomic mass is 10.1. The summed E-state index contributed by atoms with van der Waals surface area (Å²) in [6, 6.07) is -1.52. The standard InChI is InChI=1S/C45H84NO10P/c1-3-5-7-9-11-13-15-17-19-21-23-25-27-29-31-33-35-37-44(48)56-41(39-54-57(51,52)55-40-42(46)45(49)50)38-53-43(47)36-34-32-30-28-26-24-22-20-18-16-14-12-10-8-6-4-2/h17,19-20,22,41-42H,3-16,18,21,23-40,46H2,1-2H3,(H,49,50)(H,51,52)/b19-17-,22-20-/t41-,42+/m1/s1. The average Bonchev–Trinajstić information content (AvgIpc) is 3.19. The van der Waals surface area contributed by atoms with E-state index in [0.717, 1.165) is 70.6 Å². The molecule has 0 amide bonds. The first-order valence-electron chi connectivity index (χ1n) is 22.9. The SMILES string of the molecule is CCCCCCCC/C=C\CCCCCCCCCC(=O)O[C@H](COC(=O)CCCCCCC/C=C\CCCCCCCCC)COP(=O)(O)OC[C@H](N)C(=O)O. The second-order valence-corrected chi connectivity index (χ2v) is 17.0. The van der Waals surface area contributed by atoms with Gasteiger partial charge in [-0.2, -0.15) is 0 Å². The zero-order valence-corrected chi connectivity index (χ0v) is 37.1. The highest BCUT2D eigenvalue weighted by Gasteiger charge is 2.28. The molecule has 0 spiro atoms. The monoisotopic (exact) mass is 830 g/mol. The molecule has 0 aromatic heterocycles. The Labute approximate surface area is 347 Å². The number of nitrogens with two attached hydrogens (primary N) is 1. The minimum Gasteiger partial charge on any atom is -0.480 e. The number of carbonyl (C=O) groups excluding carboxylic acids is 2. The van der Waals surface area contributed by atoms with Gasteiger partial charge in [0.2, 0.25) is 0 Å². The summed E-state index contributed by atoms with van der Waals surface area (Å²) in [4.78, 5) is 46.0. The van der Waals surface area contributed by atoms with Crippen LogP contribution in [0.2, 0.25) is 0 Å². The summed E-state index contributed by atoms with van der Waals surface area (Å²) < 4.78 is 32.7. The number of ether oxygens (including phenoxy) is 2. The van der Waals surface area contributed by atoms with E-state index in [-0.39, 0.29) is 19.4 Å². The molecule has 0 aliphatic carbocycles. The molecule has 0 bridgehead atoms. The fourth-order valence-corrected chi connectivity index (χ4v) is 7.07. The Morgan fingerprint density at radius 3 is 1.28 bits per heavy atom. The van der Waals surface area contributed by atoms with Crippen molar-refractivity contribution in [3.05, 3.63) is 24.3 Å². The second kappa shape index (κ2) is 40.7. The number of phosphoric acid groups is 1.